The summed E-state index contributed by atoms with van der Waals surface area (Å²) >= 11 is 0. The standard InChI is InChI=1S/C9H15NO/c11-6-8-3-1-2-7-4-10-5-9(7)8/h1-2,7-11H,3-6H2/t7-,8-,9+/m0/s1. The van der Waals surface area contributed by atoms with Crippen molar-refractivity contribution in [3.8, 4) is 0 Å². The highest BCUT2D eigenvalue weighted by Gasteiger charge is 2.33. The normalized spacial score (nSPS) is 42.5. The number of hydrogen-bond donors (Lipinski definition) is 2. The van der Waals surface area contributed by atoms with Crippen molar-refractivity contribution >= 4 is 0 Å². The fraction of sp³-hybridized carbons (Fsp3) is 0.778. The summed E-state index contributed by atoms with van der Waals surface area (Å²) in [5, 5.41) is 12.4. The zero-order chi connectivity index (χ0) is 7.68. The van der Waals surface area contributed by atoms with Gasteiger partial charge in [0.25, 0.3) is 0 Å². The van der Waals surface area contributed by atoms with Gasteiger partial charge in [-0.05, 0) is 30.7 Å². The maximum Gasteiger partial charge on any atom is 0.0465 e. The van der Waals surface area contributed by atoms with E-state index in [4.69, 9.17) is 5.11 Å². The van der Waals surface area contributed by atoms with Crippen LogP contribution in [-0.4, -0.2) is 24.8 Å². The van der Waals surface area contributed by atoms with Gasteiger partial charge in [0.1, 0.15) is 0 Å². The molecule has 0 bridgehead atoms. The molecule has 2 rings (SSSR count). The molecule has 0 unspecified atom stereocenters. The minimum absolute atomic E-state index is 0.354. The molecule has 0 aromatic heterocycles. The largest absolute Gasteiger partial charge is 0.396 e. The van der Waals surface area contributed by atoms with Crippen LogP contribution in [0.25, 0.3) is 0 Å². The first-order chi connectivity index (χ1) is 5.42. The second-order valence-electron chi connectivity index (χ2n) is 3.59. The van der Waals surface area contributed by atoms with Crippen LogP contribution >= 0.6 is 0 Å². The number of rotatable bonds is 1. The summed E-state index contributed by atoms with van der Waals surface area (Å²) < 4.78 is 0. The number of hydrogen-bond acceptors (Lipinski definition) is 2. The summed E-state index contributed by atoms with van der Waals surface area (Å²) in [5.74, 6) is 1.91. The predicted octanol–water partition coefficient (Wildman–Crippen LogP) is 0.390. The first-order valence-corrected chi connectivity index (χ1v) is 4.40. The van der Waals surface area contributed by atoms with Gasteiger partial charge >= 0.3 is 0 Å². The van der Waals surface area contributed by atoms with Crippen LogP contribution in [0.3, 0.4) is 0 Å². The van der Waals surface area contributed by atoms with Gasteiger partial charge in [0.05, 0.1) is 0 Å². The summed E-state index contributed by atoms with van der Waals surface area (Å²) in [7, 11) is 0. The molecule has 0 radical (unpaired) electrons. The van der Waals surface area contributed by atoms with Gasteiger partial charge in [-0.1, -0.05) is 12.2 Å². The number of nitrogens with one attached hydrogen (secondary N) is 1. The third kappa shape index (κ3) is 1.21. The SMILES string of the molecule is OC[C@@H]1CC=C[C@H]2CNC[C@@H]12. The summed E-state index contributed by atoms with van der Waals surface area (Å²) in [5.41, 5.74) is 0. The third-order valence-electron chi connectivity index (χ3n) is 2.97. The van der Waals surface area contributed by atoms with E-state index in [-0.39, 0.29) is 0 Å². The van der Waals surface area contributed by atoms with E-state index >= 15 is 0 Å². The number of aliphatic hydroxyl groups excluding tert-OH is 1. The van der Waals surface area contributed by atoms with Crippen LogP contribution in [0.5, 0.6) is 0 Å². The Kier molecular flexibility index (Phi) is 1.96. The molecule has 0 spiro atoms. The molecule has 11 heavy (non-hydrogen) atoms. The van der Waals surface area contributed by atoms with Crippen molar-refractivity contribution in [3.63, 3.8) is 0 Å². The van der Waals surface area contributed by atoms with Crippen molar-refractivity contribution in [2.24, 2.45) is 17.8 Å². The highest BCUT2D eigenvalue weighted by atomic mass is 16.3. The van der Waals surface area contributed by atoms with Crippen molar-refractivity contribution in [2.75, 3.05) is 19.7 Å². The molecule has 2 nitrogen and oxygen atoms in total. The van der Waals surface area contributed by atoms with Crippen molar-refractivity contribution in [1.82, 2.24) is 5.32 Å². The maximum absolute atomic E-state index is 9.08. The van der Waals surface area contributed by atoms with E-state index < -0.39 is 0 Å². The number of fused-ring (bicyclic) bond motifs is 1. The molecule has 1 aliphatic heterocycles. The lowest BCUT2D eigenvalue weighted by Crippen LogP contribution is -2.26. The summed E-state index contributed by atoms with van der Waals surface area (Å²) in [4.78, 5) is 0. The number of aliphatic hydroxyl groups is 1. The van der Waals surface area contributed by atoms with Crippen LogP contribution in [-0.2, 0) is 0 Å². The molecule has 1 aliphatic carbocycles. The Balaban J connectivity index is 2.09. The van der Waals surface area contributed by atoms with Crippen molar-refractivity contribution < 1.29 is 5.11 Å². The zero-order valence-electron chi connectivity index (χ0n) is 6.66. The first kappa shape index (κ1) is 7.32. The summed E-state index contributed by atoms with van der Waals surface area (Å²) in [6.07, 6.45) is 5.59. The van der Waals surface area contributed by atoms with Crippen molar-refractivity contribution in [2.45, 2.75) is 6.42 Å². The van der Waals surface area contributed by atoms with Crippen LogP contribution in [0.1, 0.15) is 6.42 Å². The Hall–Kier alpha value is -0.340. The molecular formula is C9H15NO. The van der Waals surface area contributed by atoms with Crippen LogP contribution < -0.4 is 5.32 Å². The van der Waals surface area contributed by atoms with E-state index in [1.807, 2.05) is 0 Å². The highest BCUT2D eigenvalue weighted by Crippen LogP contribution is 2.32. The Labute approximate surface area is 67.3 Å². The maximum atomic E-state index is 9.08. The van der Waals surface area contributed by atoms with E-state index in [1.54, 1.807) is 0 Å². The fourth-order valence-electron chi connectivity index (χ4n) is 2.26. The molecule has 3 atom stereocenters. The Morgan fingerprint density at radius 3 is 3.18 bits per heavy atom. The zero-order valence-corrected chi connectivity index (χ0v) is 6.66. The topological polar surface area (TPSA) is 32.3 Å². The van der Waals surface area contributed by atoms with Crippen LogP contribution in [0.15, 0.2) is 12.2 Å². The molecule has 1 heterocycles. The Morgan fingerprint density at radius 2 is 2.36 bits per heavy atom. The molecule has 2 heteroatoms. The van der Waals surface area contributed by atoms with E-state index in [0.29, 0.717) is 24.4 Å². The van der Waals surface area contributed by atoms with Gasteiger partial charge in [-0.15, -0.1) is 0 Å². The van der Waals surface area contributed by atoms with Crippen LogP contribution in [0.2, 0.25) is 0 Å². The smallest absolute Gasteiger partial charge is 0.0465 e. The third-order valence-corrected chi connectivity index (χ3v) is 2.97. The second kappa shape index (κ2) is 2.95. The van der Waals surface area contributed by atoms with Gasteiger partial charge in [-0.2, -0.15) is 0 Å². The molecule has 0 aromatic rings. The molecule has 0 aromatic carbocycles. The van der Waals surface area contributed by atoms with Gasteiger partial charge in [-0.25, -0.2) is 0 Å². The van der Waals surface area contributed by atoms with Gasteiger partial charge in [0.2, 0.25) is 0 Å². The number of allylic oxidation sites excluding steroid dienone is 1. The predicted molar refractivity (Wildman–Crippen MR) is 44.2 cm³/mol. The lowest BCUT2D eigenvalue weighted by molar-refractivity contribution is 0.164. The highest BCUT2D eigenvalue weighted by molar-refractivity contribution is 5.04. The molecule has 62 valence electrons. The molecule has 0 amide bonds. The van der Waals surface area contributed by atoms with E-state index in [0.717, 1.165) is 19.5 Å². The molecule has 1 fully saturated rings. The van der Waals surface area contributed by atoms with Crippen LogP contribution in [0.4, 0.5) is 0 Å². The minimum Gasteiger partial charge on any atom is -0.396 e. The van der Waals surface area contributed by atoms with Gasteiger partial charge in [-0.3, -0.25) is 0 Å². The molecule has 1 saturated heterocycles. The summed E-state index contributed by atoms with van der Waals surface area (Å²) in [6.45, 7) is 2.56. The van der Waals surface area contributed by atoms with Gasteiger partial charge in [0.15, 0.2) is 0 Å². The average molecular weight is 153 g/mol. The Morgan fingerprint density at radius 1 is 1.45 bits per heavy atom. The molecule has 0 saturated carbocycles. The first-order valence-electron chi connectivity index (χ1n) is 4.40. The van der Waals surface area contributed by atoms with Crippen molar-refractivity contribution in [3.05, 3.63) is 12.2 Å². The average Bonchev–Trinajstić information content (AvgIpc) is 2.50. The van der Waals surface area contributed by atoms with Crippen molar-refractivity contribution in [1.29, 1.82) is 0 Å². The molecule has 2 N–H and O–H groups in total. The minimum atomic E-state index is 0.354. The second-order valence-corrected chi connectivity index (χ2v) is 3.59. The van der Waals surface area contributed by atoms with Gasteiger partial charge in [0, 0.05) is 13.2 Å². The lowest BCUT2D eigenvalue weighted by atomic mass is 9.78. The van der Waals surface area contributed by atoms with E-state index in [2.05, 4.69) is 17.5 Å². The molecule has 2 aliphatic rings. The van der Waals surface area contributed by atoms with E-state index in [9.17, 15) is 0 Å². The Bertz CT molecular complexity index is 167. The van der Waals surface area contributed by atoms with E-state index in [1.165, 1.54) is 0 Å². The fourth-order valence-corrected chi connectivity index (χ4v) is 2.26. The lowest BCUT2D eigenvalue weighted by Gasteiger charge is -2.27. The summed E-state index contributed by atoms with van der Waals surface area (Å²) in [6, 6.07) is 0. The monoisotopic (exact) mass is 153 g/mol. The van der Waals surface area contributed by atoms with Gasteiger partial charge < -0.3 is 10.4 Å². The molecular weight excluding hydrogens is 138 g/mol. The quantitative estimate of drug-likeness (QED) is 0.534. The van der Waals surface area contributed by atoms with Crippen LogP contribution in [0, 0.1) is 17.8 Å².